The third-order valence-electron chi connectivity index (χ3n) is 4.44. The minimum Gasteiger partial charge on any atom is -0.493 e. The molecule has 3 aromatic rings. The first kappa shape index (κ1) is 17.8. The zero-order valence-electron chi connectivity index (χ0n) is 15.6. The van der Waals surface area contributed by atoms with Crippen molar-refractivity contribution in [3.8, 4) is 16.9 Å². The van der Waals surface area contributed by atoms with Gasteiger partial charge in [-0.2, -0.15) is 0 Å². The highest BCUT2D eigenvalue weighted by atomic mass is 16.5. The van der Waals surface area contributed by atoms with Gasteiger partial charge in [0.1, 0.15) is 11.3 Å². The van der Waals surface area contributed by atoms with Gasteiger partial charge in [0.15, 0.2) is 0 Å². The molecule has 2 aromatic carbocycles. The summed E-state index contributed by atoms with van der Waals surface area (Å²) < 4.78 is 11.8. The molecule has 4 heteroatoms. The average molecular weight is 349 g/mol. The van der Waals surface area contributed by atoms with E-state index in [-0.39, 0.29) is 5.91 Å². The molecule has 0 fully saturated rings. The second-order valence-electron chi connectivity index (χ2n) is 6.14. The molecule has 3 rings (SSSR count). The van der Waals surface area contributed by atoms with E-state index in [4.69, 9.17) is 9.15 Å². The number of nitrogens with one attached hydrogen (secondary N) is 1. The van der Waals surface area contributed by atoms with Gasteiger partial charge in [0, 0.05) is 35.2 Å². The lowest BCUT2D eigenvalue weighted by atomic mass is 9.96. The molecule has 26 heavy (non-hydrogen) atoms. The number of hydrogen-bond donors (Lipinski definition) is 1. The summed E-state index contributed by atoms with van der Waals surface area (Å²) in [5.74, 6) is 0.616. The number of allylic oxidation sites excluding steroid dienone is 1. The molecule has 1 aromatic heterocycles. The Balaban J connectivity index is 2.26. The van der Waals surface area contributed by atoms with Crippen LogP contribution in [0.5, 0.6) is 5.75 Å². The van der Waals surface area contributed by atoms with Crippen LogP contribution in [0.25, 0.3) is 27.7 Å². The van der Waals surface area contributed by atoms with E-state index in [1.165, 1.54) is 0 Å². The number of fused-ring (bicyclic) bond motifs is 1. The first-order valence-corrected chi connectivity index (χ1v) is 8.70. The number of aryl methyl sites for hydroxylation is 1. The molecule has 0 aliphatic carbocycles. The lowest BCUT2D eigenvalue weighted by Crippen LogP contribution is -2.14. The summed E-state index contributed by atoms with van der Waals surface area (Å²) in [5.41, 5.74) is 5.61. The lowest BCUT2D eigenvalue weighted by molar-refractivity contribution is -0.116. The molecular formula is C22H23NO3. The van der Waals surface area contributed by atoms with Crippen LogP contribution in [-0.4, -0.2) is 19.6 Å². The van der Waals surface area contributed by atoms with Crippen molar-refractivity contribution in [3.05, 3.63) is 59.9 Å². The quantitative estimate of drug-likeness (QED) is 0.663. The highest BCUT2D eigenvalue weighted by Gasteiger charge is 2.19. The molecule has 0 saturated carbocycles. The summed E-state index contributed by atoms with van der Waals surface area (Å²) in [6, 6.07) is 12.2. The lowest BCUT2D eigenvalue weighted by Gasteiger charge is -2.14. The molecule has 0 unspecified atom stereocenters. The fourth-order valence-electron chi connectivity index (χ4n) is 3.13. The molecule has 0 saturated heterocycles. The maximum atomic E-state index is 11.8. The van der Waals surface area contributed by atoms with Crippen LogP contribution in [0.15, 0.2) is 53.2 Å². The van der Waals surface area contributed by atoms with Crippen molar-refractivity contribution in [2.45, 2.75) is 20.8 Å². The molecule has 0 spiro atoms. The van der Waals surface area contributed by atoms with Gasteiger partial charge in [-0.1, -0.05) is 30.3 Å². The van der Waals surface area contributed by atoms with E-state index in [0.29, 0.717) is 6.61 Å². The van der Waals surface area contributed by atoms with E-state index in [9.17, 15) is 4.79 Å². The van der Waals surface area contributed by atoms with Crippen molar-refractivity contribution in [2.24, 2.45) is 0 Å². The Morgan fingerprint density at radius 2 is 2.00 bits per heavy atom. The maximum Gasteiger partial charge on any atom is 0.244 e. The Hall–Kier alpha value is -3.01. The largest absolute Gasteiger partial charge is 0.493 e. The molecule has 1 heterocycles. The van der Waals surface area contributed by atoms with Crippen LogP contribution in [0.3, 0.4) is 0 Å². The number of rotatable bonds is 5. The van der Waals surface area contributed by atoms with Gasteiger partial charge < -0.3 is 14.5 Å². The molecule has 0 aliphatic rings. The number of furan rings is 1. The Labute approximate surface area is 153 Å². The zero-order valence-corrected chi connectivity index (χ0v) is 15.6. The smallest absolute Gasteiger partial charge is 0.244 e. The van der Waals surface area contributed by atoms with E-state index in [2.05, 4.69) is 17.4 Å². The van der Waals surface area contributed by atoms with Crippen LogP contribution in [0.2, 0.25) is 0 Å². The van der Waals surface area contributed by atoms with Gasteiger partial charge in [0.2, 0.25) is 5.91 Å². The molecule has 0 bridgehead atoms. The Bertz CT molecular complexity index is 968. The summed E-state index contributed by atoms with van der Waals surface area (Å²) in [6.45, 7) is 6.39. The minimum absolute atomic E-state index is 0.141. The molecule has 0 radical (unpaired) electrons. The monoisotopic (exact) mass is 349 g/mol. The summed E-state index contributed by atoms with van der Waals surface area (Å²) in [7, 11) is 1.62. The van der Waals surface area contributed by atoms with E-state index in [1.807, 2.05) is 45.0 Å². The molecule has 134 valence electrons. The van der Waals surface area contributed by atoms with Crippen LogP contribution in [0.4, 0.5) is 0 Å². The Morgan fingerprint density at radius 1 is 1.27 bits per heavy atom. The average Bonchev–Trinajstić information content (AvgIpc) is 3.08. The van der Waals surface area contributed by atoms with Gasteiger partial charge in [-0.3, -0.25) is 4.79 Å². The predicted molar refractivity (Wildman–Crippen MR) is 105 cm³/mol. The number of ether oxygens (including phenoxy) is 1. The molecule has 4 nitrogen and oxygen atoms in total. The van der Waals surface area contributed by atoms with Crippen LogP contribution in [0.1, 0.15) is 25.0 Å². The van der Waals surface area contributed by atoms with Crippen molar-refractivity contribution < 1.29 is 13.9 Å². The fourth-order valence-corrected chi connectivity index (χ4v) is 3.13. The highest BCUT2D eigenvalue weighted by molar-refractivity contribution is 6.01. The highest BCUT2D eigenvalue weighted by Crippen LogP contribution is 2.40. The van der Waals surface area contributed by atoms with Crippen LogP contribution in [-0.2, 0) is 4.79 Å². The van der Waals surface area contributed by atoms with Crippen LogP contribution >= 0.6 is 0 Å². The third kappa shape index (κ3) is 3.23. The molecule has 1 N–H and O–H groups in total. The van der Waals surface area contributed by atoms with Crippen molar-refractivity contribution >= 4 is 22.4 Å². The standard InChI is InChI=1S/C22H23NO3/c1-5-25-21-15(3)22-18(12-17(21)14(2)11-20(24)23-4)19(13-26-22)16-9-7-6-8-10-16/h6-13H,5H2,1-4H3,(H,23,24)/b14-11+. The van der Waals surface area contributed by atoms with E-state index < -0.39 is 0 Å². The van der Waals surface area contributed by atoms with Gasteiger partial charge in [-0.15, -0.1) is 0 Å². The summed E-state index contributed by atoms with van der Waals surface area (Å²) >= 11 is 0. The van der Waals surface area contributed by atoms with Gasteiger partial charge in [0.25, 0.3) is 0 Å². The van der Waals surface area contributed by atoms with Gasteiger partial charge >= 0.3 is 0 Å². The van der Waals surface area contributed by atoms with E-state index in [0.717, 1.165) is 44.5 Å². The van der Waals surface area contributed by atoms with Crippen molar-refractivity contribution in [1.29, 1.82) is 0 Å². The number of likely N-dealkylation sites (N-methyl/N-ethyl adjacent to an activating group) is 1. The summed E-state index contributed by atoms with van der Waals surface area (Å²) in [4.78, 5) is 11.8. The van der Waals surface area contributed by atoms with Crippen LogP contribution in [0, 0.1) is 6.92 Å². The normalized spacial score (nSPS) is 11.6. The van der Waals surface area contributed by atoms with Gasteiger partial charge in [0.05, 0.1) is 12.9 Å². The SMILES string of the molecule is CCOc1c(/C(C)=C/C(=O)NC)cc2c(-c3ccccc3)coc2c1C. The number of hydrogen-bond acceptors (Lipinski definition) is 3. The van der Waals surface area contributed by atoms with Crippen LogP contribution < -0.4 is 10.1 Å². The summed E-state index contributed by atoms with van der Waals surface area (Å²) in [5, 5.41) is 3.64. The minimum atomic E-state index is -0.141. The van der Waals surface area contributed by atoms with E-state index >= 15 is 0 Å². The topological polar surface area (TPSA) is 51.5 Å². The Kier molecular flexibility index (Phi) is 5.12. The fraction of sp³-hybridized carbons (Fsp3) is 0.227. The molecule has 0 aliphatic heterocycles. The number of amides is 1. The predicted octanol–water partition coefficient (Wildman–Crippen LogP) is 4.96. The summed E-state index contributed by atoms with van der Waals surface area (Å²) in [6.07, 6.45) is 3.37. The van der Waals surface area contributed by atoms with E-state index in [1.54, 1.807) is 19.4 Å². The second kappa shape index (κ2) is 7.48. The second-order valence-corrected chi connectivity index (χ2v) is 6.14. The number of benzene rings is 2. The van der Waals surface area contributed by atoms with Crippen molar-refractivity contribution in [2.75, 3.05) is 13.7 Å². The Morgan fingerprint density at radius 3 is 2.65 bits per heavy atom. The van der Waals surface area contributed by atoms with Gasteiger partial charge in [-0.05, 0) is 38.0 Å². The maximum absolute atomic E-state index is 11.8. The third-order valence-corrected chi connectivity index (χ3v) is 4.44. The van der Waals surface area contributed by atoms with Crippen molar-refractivity contribution in [1.82, 2.24) is 5.32 Å². The molecule has 0 atom stereocenters. The van der Waals surface area contributed by atoms with Gasteiger partial charge in [-0.25, -0.2) is 0 Å². The zero-order chi connectivity index (χ0) is 18.7. The molecule has 1 amide bonds. The first-order valence-electron chi connectivity index (χ1n) is 8.70. The van der Waals surface area contributed by atoms with Crippen molar-refractivity contribution in [3.63, 3.8) is 0 Å². The first-order chi connectivity index (χ1) is 12.6. The molecular weight excluding hydrogens is 326 g/mol. The number of carbonyl (C=O) groups excluding carboxylic acids is 1. The number of carbonyl (C=O) groups is 1.